The molecule has 1 aliphatic rings. The smallest absolute Gasteiger partial charge is 0.273 e. The summed E-state index contributed by atoms with van der Waals surface area (Å²) in [7, 11) is 0. The fourth-order valence-electron chi connectivity index (χ4n) is 1.89. The fourth-order valence-corrected chi connectivity index (χ4v) is 2.87. The minimum atomic E-state index is -0.346. The van der Waals surface area contributed by atoms with Crippen LogP contribution >= 0.6 is 11.8 Å². The first kappa shape index (κ1) is 12.2. The monoisotopic (exact) mass is 276 g/mol. The lowest BCUT2D eigenvalue weighted by Gasteiger charge is -2.04. The summed E-state index contributed by atoms with van der Waals surface area (Å²) >= 11 is 1.49. The van der Waals surface area contributed by atoms with E-state index in [4.69, 9.17) is 0 Å². The van der Waals surface area contributed by atoms with Crippen LogP contribution in [0.5, 0.6) is 0 Å². The van der Waals surface area contributed by atoms with Crippen molar-refractivity contribution < 1.29 is 4.92 Å². The van der Waals surface area contributed by atoms with Gasteiger partial charge in [0.05, 0.1) is 4.92 Å². The SMILES string of the molecule is O=[N+]([O-])c1ccccc1CSc1nncn1C1CC1. The van der Waals surface area contributed by atoms with Crippen LogP contribution in [0.25, 0.3) is 0 Å². The van der Waals surface area contributed by atoms with Crippen molar-refractivity contribution in [1.82, 2.24) is 14.8 Å². The number of rotatable bonds is 5. The van der Waals surface area contributed by atoms with Gasteiger partial charge in [-0.15, -0.1) is 10.2 Å². The second-order valence-corrected chi connectivity index (χ2v) is 5.37. The maximum Gasteiger partial charge on any atom is 0.273 e. The third-order valence-electron chi connectivity index (χ3n) is 3.03. The van der Waals surface area contributed by atoms with Crippen LogP contribution in [-0.4, -0.2) is 19.7 Å². The van der Waals surface area contributed by atoms with Crippen molar-refractivity contribution in [2.45, 2.75) is 29.8 Å². The minimum absolute atomic E-state index is 0.160. The molecular formula is C12H12N4O2S. The Morgan fingerprint density at radius 3 is 2.95 bits per heavy atom. The maximum atomic E-state index is 10.9. The van der Waals surface area contributed by atoms with Crippen molar-refractivity contribution in [3.8, 4) is 0 Å². The largest absolute Gasteiger partial charge is 0.306 e. The first-order valence-corrected chi connectivity index (χ1v) is 6.99. The van der Waals surface area contributed by atoms with Crippen LogP contribution in [0.1, 0.15) is 24.4 Å². The highest BCUT2D eigenvalue weighted by Gasteiger charge is 2.26. The second-order valence-electron chi connectivity index (χ2n) is 4.43. The Morgan fingerprint density at radius 1 is 1.42 bits per heavy atom. The zero-order chi connectivity index (χ0) is 13.2. The molecule has 1 saturated carbocycles. The van der Waals surface area contributed by atoms with Gasteiger partial charge in [0.2, 0.25) is 0 Å². The van der Waals surface area contributed by atoms with E-state index in [0.717, 1.165) is 18.0 Å². The van der Waals surface area contributed by atoms with Gasteiger partial charge in [0.15, 0.2) is 5.16 Å². The molecule has 0 bridgehead atoms. The van der Waals surface area contributed by atoms with Crippen LogP contribution in [0.15, 0.2) is 35.7 Å². The van der Waals surface area contributed by atoms with Gasteiger partial charge < -0.3 is 4.57 Å². The Balaban J connectivity index is 1.75. The summed E-state index contributed by atoms with van der Waals surface area (Å²) in [5.74, 6) is 0.530. The molecule has 1 aromatic carbocycles. The summed E-state index contributed by atoms with van der Waals surface area (Å²) in [5, 5.41) is 19.7. The highest BCUT2D eigenvalue weighted by molar-refractivity contribution is 7.98. The summed E-state index contributed by atoms with van der Waals surface area (Å²) < 4.78 is 2.06. The Kier molecular flexibility index (Phi) is 3.20. The van der Waals surface area contributed by atoms with E-state index in [0.29, 0.717) is 17.4 Å². The van der Waals surface area contributed by atoms with Gasteiger partial charge in [-0.2, -0.15) is 0 Å². The topological polar surface area (TPSA) is 73.8 Å². The van der Waals surface area contributed by atoms with E-state index in [1.165, 1.54) is 17.8 Å². The van der Waals surface area contributed by atoms with E-state index in [-0.39, 0.29) is 10.6 Å². The first-order chi connectivity index (χ1) is 9.25. The van der Waals surface area contributed by atoms with Crippen LogP contribution in [-0.2, 0) is 5.75 Å². The number of hydrogen-bond acceptors (Lipinski definition) is 5. The van der Waals surface area contributed by atoms with Gasteiger partial charge in [-0.05, 0) is 12.8 Å². The van der Waals surface area contributed by atoms with Gasteiger partial charge in [0.25, 0.3) is 5.69 Å². The third-order valence-corrected chi connectivity index (χ3v) is 4.03. The fraction of sp³-hybridized carbons (Fsp3) is 0.333. The predicted octanol–water partition coefficient (Wildman–Crippen LogP) is 2.81. The van der Waals surface area contributed by atoms with Gasteiger partial charge in [0, 0.05) is 23.4 Å². The maximum absolute atomic E-state index is 10.9. The molecule has 98 valence electrons. The standard InChI is InChI=1S/C12H12N4O2S/c17-16(18)11-4-2-1-3-9(11)7-19-12-14-13-8-15(12)10-5-6-10/h1-4,8,10H,5-7H2. The molecule has 0 spiro atoms. The lowest BCUT2D eigenvalue weighted by Crippen LogP contribution is -1.97. The van der Waals surface area contributed by atoms with E-state index in [9.17, 15) is 10.1 Å². The lowest BCUT2D eigenvalue weighted by molar-refractivity contribution is -0.385. The van der Waals surface area contributed by atoms with Crippen LogP contribution in [0.2, 0.25) is 0 Å². The highest BCUT2D eigenvalue weighted by Crippen LogP contribution is 2.38. The van der Waals surface area contributed by atoms with Crippen molar-refractivity contribution in [1.29, 1.82) is 0 Å². The zero-order valence-corrected chi connectivity index (χ0v) is 10.9. The van der Waals surface area contributed by atoms with Crippen LogP contribution in [0.4, 0.5) is 5.69 Å². The number of nitro benzene ring substituents is 1. The van der Waals surface area contributed by atoms with Crippen molar-refractivity contribution in [3.05, 3.63) is 46.3 Å². The van der Waals surface area contributed by atoms with Gasteiger partial charge >= 0.3 is 0 Å². The van der Waals surface area contributed by atoms with E-state index in [1.54, 1.807) is 18.5 Å². The summed E-state index contributed by atoms with van der Waals surface area (Å²) in [5.41, 5.74) is 0.871. The van der Waals surface area contributed by atoms with Crippen LogP contribution in [0.3, 0.4) is 0 Å². The van der Waals surface area contributed by atoms with E-state index < -0.39 is 0 Å². The number of aromatic nitrogens is 3. The summed E-state index contributed by atoms with van der Waals surface area (Å²) in [6.45, 7) is 0. The Bertz CT molecular complexity index is 609. The average molecular weight is 276 g/mol. The van der Waals surface area contributed by atoms with E-state index in [1.807, 2.05) is 6.07 Å². The normalized spacial score (nSPS) is 14.5. The van der Waals surface area contributed by atoms with Crippen molar-refractivity contribution >= 4 is 17.4 Å². The van der Waals surface area contributed by atoms with Gasteiger partial charge in [-0.3, -0.25) is 10.1 Å². The van der Waals surface area contributed by atoms with Crippen molar-refractivity contribution in [3.63, 3.8) is 0 Å². The number of para-hydroxylation sites is 1. The quantitative estimate of drug-likeness (QED) is 0.477. The third kappa shape index (κ3) is 2.60. The predicted molar refractivity (Wildman–Crippen MR) is 71.0 cm³/mol. The number of nitro groups is 1. The van der Waals surface area contributed by atoms with Crippen molar-refractivity contribution in [2.24, 2.45) is 0 Å². The van der Waals surface area contributed by atoms with Crippen LogP contribution in [0, 0.1) is 10.1 Å². The summed E-state index contributed by atoms with van der Waals surface area (Å²) in [6, 6.07) is 7.32. The Morgan fingerprint density at radius 2 is 2.21 bits per heavy atom. The minimum Gasteiger partial charge on any atom is -0.306 e. The molecule has 6 nitrogen and oxygen atoms in total. The van der Waals surface area contributed by atoms with Gasteiger partial charge in [0.1, 0.15) is 6.33 Å². The Hall–Kier alpha value is -1.89. The molecule has 1 heterocycles. The first-order valence-electron chi connectivity index (χ1n) is 6.00. The molecule has 1 aromatic heterocycles. The molecule has 1 fully saturated rings. The number of hydrogen-bond donors (Lipinski definition) is 0. The number of benzene rings is 1. The molecule has 19 heavy (non-hydrogen) atoms. The van der Waals surface area contributed by atoms with E-state index >= 15 is 0 Å². The molecule has 0 saturated heterocycles. The second kappa shape index (κ2) is 5.00. The average Bonchev–Trinajstić information content (AvgIpc) is 3.15. The summed E-state index contributed by atoms with van der Waals surface area (Å²) in [4.78, 5) is 10.6. The lowest BCUT2D eigenvalue weighted by atomic mass is 10.2. The zero-order valence-electron chi connectivity index (χ0n) is 10.1. The molecule has 0 atom stereocenters. The molecule has 0 amide bonds. The molecule has 0 radical (unpaired) electrons. The van der Waals surface area contributed by atoms with Crippen molar-refractivity contribution in [2.75, 3.05) is 0 Å². The number of thioether (sulfide) groups is 1. The molecule has 0 unspecified atom stereocenters. The molecular weight excluding hydrogens is 264 g/mol. The highest BCUT2D eigenvalue weighted by atomic mass is 32.2. The summed E-state index contributed by atoms with van der Waals surface area (Å²) in [6.07, 6.45) is 4.06. The van der Waals surface area contributed by atoms with E-state index in [2.05, 4.69) is 14.8 Å². The molecule has 2 aromatic rings. The molecule has 7 heteroatoms. The number of nitrogens with zero attached hydrogens (tertiary/aromatic N) is 4. The molecule has 0 N–H and O–H groups in total. The van der Waals surface area contributed by atoms with Crippen LogP contribution < -0.4 is 0 Å². The molecule has 3 rings (SSSR count). The molecule has 0 aliphatic heterocycles. The van der Waals surface area contributed by atoms with Gasteiger partial charge in [-0.25, -0.2) is 0 Å². The van der Waals surface area contributed by atoms with Gasteiger partial charge in [-0.1, -0.05) is 30.0 Å². The molecule has 1 aliphatic carbocycles. The Labute approximate surface area is 114 Å².